The number of hydrogen-bond acceptors (Lipinski definition) is 1. The van der Waals surface area contributed by atoms with E-state index < -0.39 is 0 Å². The van der Waals surface area contributed by atoms with Gasteiger partial charge in [0.25, 0.3) is 0 Å². The molecule has 0 fully saturated rings. The van der Waals surface area contributed by atoms with Crippen molar-refractivity contribution in [3.63, 3.8) is 0 Å². The summed E-state index contributed by atoms with van der Waals surface area (Å²) < 4.78 is 0. The third-order valence-corrected chi connectivity index (χ3v) is 11.9. The van der Waals surface area contributed by atoms with Gasteiger partial charge < -0.3 is 4.90 Å². The van der Waals surface area contributed by atoms with Crippen LogP contribution in [0, 0.1) is 0 Å². The molecule has 0 bridgehead atoms. The van der Waals surface area contributed by atoms with Crippen LogP contribution in [-0.2, 0) is 5.41 Å². The molecule has 0 aliphatic heterocycles. The third-order valence-electron chi connectivity index (χ3n) is 11.9. The summed E-state index contributed by atoms with van der Waals surface area (Å²) in [5, 5.41) is 5.02. The minimum Gasteiger partial charge on any atom is -0.310 e. The maximum absolute atomic E-state index is 2.48. The van der Waals surface area contributed by atoms with Gasteiger partial charge in [0.15, 0.2) is 0 Å². The van der Waals surface area contributed by atoms with Gasteiger partial charge in [-0.1, -0.05) is 212 Å². The first-order valence-corrected chi connectivity index (χ1v) is 19.9. The van der Waals surface area contributed by atoms with Crippen molar-refractivity contribution in [1.29, 1.82) is 0 Å². The fourth-order valence-corrected chi connectivity index (χ4v) is 8.93. The number of fused-ring (bicyclic) bond motifs is 5. The smallest absolute Gasteiger partial charge is 0.241 e. The Bertz CT molecular complexity index is 2930. The predicted molar refractivity (Wildman–Crippen MR) is 247 cm³/mol. The van der Waals surface area contributed by atoms with E-state index in [4.69, 9.17) is 0 Å². The van der Waals surface area contributed by atoms with Gasteiger partial charge in [-0.2, -0.15) is 0 Å². The quantitative estimate of drug-likeness (QED) is 0.111. The van der Waals surface area contributed by atoms with Crippen LogP contribution in [0.15, 0.2) is 206 Å². The van der Waals surface area contributed by atoms with Gasteiger partial charge in [0, 0.05) is 22.5 Å². The molecule has 0 aromatic heterocycles. The summed E-state index contributed by atoms with van der Waals surface area (Å²) in [7, 11) is 0. The van der Waals surface area contributed by atoms with Crippen molar-refractivity contribution >= 4 is 73.9 Å². The molecule has 1 aliphatic carbocycles. The molecule has 0 radical (unpaired) electrons. The van der Waals surface area contributed by atoms with Crippen molar-refractivity contribution in [3.8, 4) is 11.1 Å². The van der Waals surface area contributed by atoms with Crippen LogP contribution < -0.4 is 21.3 Å². The Morgan fingerprint density at radius 3 is 1.58 bits per heavy atom. The minimum atomic E-state index is -0.138. The molecule has 9 aromatic rings. The van der Waals surface area contributed by atoms with Crippen LogP contribution in [0.3, 0.4) is 0 Å². The zero-order chi connectivity index (χ0) is 38.3. The van der Waals surface area contributed by atoms with Gasteiger partial charge in [0.05, 0.1) is 0 Å². The van der Waals surface area contributed by atoms with Crippen molar-refractivity contribution in [1.82, 2.24) is 0 Å². The van der Waals surface area contributed by atoms with E-state index in [1.165, 1.54) is 71.3 Å². The van der Waals surface area contributed by atoms with Crippen LogP contribution in [0.25, 0.3) is 44.8 Å². The molecule has 10 rings (SSSR count). The number of nitrogens with zero attached hydrogens (tertiary/aromatic N) is 1. The lowest BCUT2D eigenvalue weighted by atomic mass is 9.36. The first-order valence-electron chi connectivity index (χ1n) is 19.9. The van der Waals surface area contributed by atoms with Gasteiger partial charge >= 0.3 is 0 Å². The second kappa shape index (κ2) is 14.3. The van der Waals surface area contributed by atoms with E-state index in [2.05, 4.69) is 237 Å². The van der Waals surface area contributed by atoms with Crippen molar-refractivity contribution in [2.45, 2.75) is 19.3 Å². The molecule has 1 aliphatic rings. The largest absolute Gasteiger partial charge is 0.310 e. The Morgan fingerprint density at radius 1 is 0.368 bits per heavy atom. The second-order valence-electron chi connectivity index (χ2n) is 15.8. The highest BCUT2D eigenvalue weighted by Gasteiger charge is 2.36. The molecule has 0 atom stereocenters. The molecular weight excluding hydrogens is 685 g/mol. The highest BCUT2D eigenvalue weighted by atomic mass is 15.1. The third kappa shape index (κ3) is 6.44. The molecule has 0 saturated heterocycles. The van der Waals surface area contributed by atoms with Crippen molar-refractivity contribution in [2.75, 3.05) is 4.90 Å². The molecule has 0 spiro atoms. The molecule has 9 aromatic carbocycles. The van der Waals surface area contributed by atoms with E-state index >= 15 is 0 Å². The first kappa shape index (κ1) is 34.6. The summed E-state index contributed by atoms with van der Waals surface area (Å²) in [4.78, 5) is 2.33. The topological polar surface area (TPSA) is 3.24 Å². The molecule has 57 heavy (non-hydrogen) atoms. The lowest BCUT2D eigenvalue weighted by molar-refractivity contribution is 0.660. The van der Waals surface area contributed by atoms with Gasteiger partial charge in [-0.15, -0.1) is 0 Å². The highest BCUT2D eigenvalue weighted by molar-refractivity contribution is 6.95. The SMILES string of the molecule is CC1(C)c2cc(/C=C/c3ccc(N(c4ccccc4)c4ccc5ccccc5c4)cc3)ccc2-c2ccc(B(c3ccccc3)c3ccc4ccccc4c3)cc21. The fourth-order valence-electron chi connectivity index (χ4n) is 8.93. The Kier molecular flexibility index (Phi) is 8.68. The van der Waals surface area contributed by atoms with Crippen LogP contribution in [0.2, 0.25) is 0 Å². The zero-order valence-corrected chi connectivity index (χ0v) is 32.3. The van der Waals surface area contributed by atoms with Gasteiger partial charge in [-0.3, -0.25) is 0 Å². The Morgan fingerprint density at radius 2 is 0.860 bits per heavy atom. The number of anilines is 3. The normalized spacial score (nSPS) is 12.8. The van der Waals surface area contributed by atoms with E-state index in [1.54, 1.807) is 0 Å². The van der Waals surface area contributed by atoms with E-state index in [1.807, 2.05) is 0 Å². The number of benzene rings is 9. The fraction of sp³-hybridized carbons (Fsp3) is 0.0545. The molecule has 270 valence electrons. The summed E-state index contributed by atoms with van der Waals surface area (Å²) in [5.41, 5.74) is 15.0. The van der Waals surface area contributed by atoms with E-state index in [0.717, 1.165) is 17.1 Å². The summed E-state index contributed by atoms with van der Waals surface area (Å²) in [6, 6.07) is 75.5. The van der Waals surface area contributed by atoms with Gasteiger partial charge in [-0.25, -0.2) is 0 Å². The summed E-state index contributed by atoms with van der Waals surface area (Å²) in [6.07, 6.45) is 4.48. The Labute approximate surface area is 336 Å². The van der Waals surface area contributed by atoms with Crippen LogP contribution in [-0.4, -0.2) is 6.71 Å². The molecular formula is C55H42BN. The van der Waals surface area contributed by atoms with Gasteiger partial charge in [0.2, 0.25) is 6.71 Å². The highest BCUT2D eigenvalue weighted by Crippen LogP contribution is 2.48. The summed E-state index contributed by atoms with van der Waals surface area (Å²) in [5.74, 6) is 0. The molecule has 0 unspecified atom stereocenters. The maximum atomic E-state index is 2.48. The van der Waals surface area contributed by atoms with Crippen LogP contribution in [0.5, 0.6) is 0 Å². The van der Waals surface area contributed by atoms with Crippen LogP contribution in [0.1, 0.15) is 36.1 Å². The first-order chi connectivity index (χ1) is 28.0. The lowest BCUT2D eigenvalue weighted by Crippen LogP contribution is -2.52. The molecule has 2 heteroatoms. The minimum absolute atomic E-state index is 0.137. The number of hydrogen-bond donors (Lipinski definition) is 0. The van der Waals surface area contributed by atoms with E-state index in [9.17, 15) is 0 Å². The van der Waals surface area contributed by atoms with Crippen LogP contribution in [0.4, 0.5) is 17.1 Å². The van der Waals surface area contributed by atoms with Crippen molar-refractivity contribution in [2.24, 2.45) is 0 Å². The average Bonchev–Trinajstić information content (AvgIpc) is 3.49. The number of para-hydroxylation sites is 1. The van der Waals surface area contributed by atoms with E-state index in [0.29, 0.717) is 0 Å². The van der Waals surface area contributed by atoms with Gasteiger partial charge in [-0.05, 0) is 91.3 Å². The van der Waals surface area contributed by atoms with Crippen molar-refractivity contribution in [3.05, 3.63) is 229 Å². The Balaban J connectivity index is 0.942. The monoisotopic (exact) mass is 727 g/mol. The van der Waals surface area contributed by atoms with Crippen molar-refractivity contribution < 1.29 is 0 Å². The zero-order valence-electron chi connectivity index (χ0n) is 32.3. The average molecular weight is 728 g/mol. The predicted octanol–water partition coefficient (Wildman–Crippen LogP) is 12.5. The number of rotatable bonds is 8. The molecule has 1 nitrogen and oxygen atoms in total. The summed E-state index contributed by atoms with van der Waals surface area (Å²) in [6.45, 7) is 4.91. The van der Waals surface area contributed by atoms with Crippen LogP contribution >= 0.6 is 0 Å². The lowest BCUT2D eigenvalue weighted by Gasteiger charge is -2.26. The molecule has 0 amide bonds. The molecule has 0 saturated carbocycles. The summed E-state index contributed by atoms with van der Waals surface area (Å²) >= 11 is 0. The Hall–Kier alpha value is -6.90. The standard InChI is InChI=1S/C55H42BN/c1-55(2)53-35-40(22-21-39-23-30-49(31-24-39)57(48-19-7-4-8-20-48)50-32-27-42-14-10-12-16-44(42)37-50)25-33-51(53)52-34-29-47(38-54(52)55)56(45-17-5-3-6-18-45)46-28-26-41-13-9-11-15-43(41)36-46/h3-38H,1-2H3/b22-21+. The second-order valence-corrected chi connectivity index (χ2v) is 15.8. The van der Waals surface area contributed by atoms with Gasteiger partial charge in [0.1, 0.15) is 0 Å². The molecule has 0 N–H and O–H groups in total. The maximum Gasteiger partial charge on any atom is 0.241 e. The van der Waals surface area contributed by atoms with E-state index in [-0.39, 0.29) is 12.1 Å². The molecule has 0 heterocycles.